The van der Waals surface area contributed by atoms with Gasteiger partial charge in [0, 0.05) is 5.92 Å². The van der Waals surface area contributed by atoms with Gasteiger partial charge in [-0.1, -0.05) is 23.8 Å². The summed E-state index contributed by atoms with van der Waals surface area (Å²) in [6, 6.07) is 3.83. The number of nitrogens with two attached hydrogens (primary N) is 2. The predicted molar refractivity (Wildman–Crippen MR) is 108 cm³/mol. The molecule has 170 valence electrons. The van der Waals surface area contributed by atoms with E-state index in [2.05, 4.69) is 0 Å². The van der Waals surface area contributed by atoms with Crippen LogP contribution in [0.25, 0.3) is 0 Å². The van der Waals surface area contributed by atoms with Crippen molar-refractivity contribution in [3.63, 3.8) is 0 Å². The molecule has 1 aromatic carbocycles. The van der Waals surface area contributed by atoms with E-state index in [1.807, 2.05) is 0 Å². The largest absolute Gasteiger partial charge is 0.508 e. The molecule has 4 aliphatic rings. The fourth-order valence-corrected chi connectivity index (χ4v) is 6.12. The van der Waals surface area contributed by atoms with Crippen LogP contribution in [-0.4, -0.2) is 50.6 Å². The Morgan fingerprint density at radius 2 is 1.45 bits per heavy atom. The number of phenolic OH excluding ortho intramolecular Hbond substituents is 1. The molecule has 6 atom stereocenters. The number of hydrogen-bond acceptors (Lipinski definition) is 7. The van der Waals surface area contributed by atoms with E-state index in [9.17, 15) is 33.9 Å². The lowest BCUT2D eigenvalue weighted by Crippen LogP contribution is -2.44. The molecule has 0 bridgehead atoms. The average molecular weight is 452 g/mol. The van der Waals surface area contributed by atoms with Crippen molar-refractivity contribution in [2.75, 3.05) is 0 Å². The third-order valence-corrected chi connectivity index (χ3v) is 7.32. The lowest BCUT2D eigenvalue weighted by atomic mass is 9.57. The average Bonchev–Trinajstić information content (AvgIpc) is 3.16. The number of carbonyl (C=O) groups excluding carboxylic acids is 6. The third-order valence-electron chi connectivity index (χ3n) is 7.32. The molecule has 2 saturated heterocycles. The van der Waals surface area contributed by atoms with Crippen LogP contribution in [0.3, 0.4) is 0 Å². The maximum absolute atomic E-state index is 13.1. The minimum atomic E-state index is -1.18. The van der Waals surface area contributed by atoms with Crippen LogP contribution in [0.1, 0.15) is 24.3 Å². The van der Waals surface area contributed by atoms with E-state index >= 15 is 0 Å². The molecule has 0 unspecified atom stereocenters. The molecule has 2 aliphatic carbocycles. The second-order valence-electron chi connectivity index (χ2n) is 8.82. The van der Waals surface area contributed by atoms with Crippen molar-refractivity contribution in [3.8, 4) is 5.75 Å². The van der Waals surface area contributed by atoms with Crippen molar-refractivity contribution >= 4 is 35.7 Å². The number of allylic oxidation sites excluding steroid dienone is 2. The molecule has 2 aliphatic heterocycles. The van der Waals surface area contributed by atoms with E-state index in [1.165, 1.54) is 12.1 Å². The number of nitrogens with zero attached hydrogens (tertiary/aromatic N) is 2. The fraction of sp³-hybridized carbons (Fsp3) is 0.364. The summed E-state index contributed by atoms with van der Waals surface area (Å²) in [5, 5.41) is 10.0. The first kappa shape index (κ1) is 20.9. The minimum absolute atomic E-state index is 0.0347. The normalized spacial score (nSPS) is 32.9. The fourth-order valence-electron chi connectivity index (χ4n) is 6.12. The Morgan fingerprint density at radius 1 is 0.848 bits per heavy atom. The molecule has 0 aromatic heterocycles. The van der Waals surface area contributed by atoms with Gasteiger partial charge in [-0.2, -0.15) is 9.80 Å². The number of imide groups is 6. The number of hydrogen-bond donors (Lipinski definition) is 3. The molecule has 2 heterocycles. The molecule has 1 aromatic rings. The van der Waals surface area contributed by atoms with Crippen LogP contribution in [0.5, 0.6) is 5.75 Å². The van der Waals surface area contributed by atoms with Crippen molar-refractivity contribution in [1.29, 1.82) is 0 Å². The first-order valence-corrected chi connectivity index (χ1v) is 10.5. The standard InChI is InChI=1S/C22H20N4O7/c23-21(32)25-17(28)11-5-4-10-12(15(11)19(25)30)7-13-16(20(31)26(18(13)29)22(24)33)14(10)8-2-1-3-9(27)6-8/h1-4,6,11-16,27H,5,7H2,(H2,23,32)(H2,24,33)/t11-,12+,13+,14-,15-,16+/m0/s1. The van der Waals surface area contributed by atoms with Crippen molar-refractivity contribution in [3.05, 3.63) is 41.5 Å². The Labute approximate surface area is 187 Å². The molecule has 5 N–H and O–H groups in total. The third kappa shape index (κ3) is 2.74. The second kappa shape index (κ2) is 6.99. The van der Waals surface area contributed by atoms with Gasteiger partial charge >= 0.3 is 12.1 Å². The first-order valence-electron chi connectivity index (χ1n) is 10.5. The number of aromatic hydroxyl groups is 1. The summed E-state index contributed by atoms with van der Waals surface area (Å²) < 4.78 is 0. The van der Waals surface area contributed by atoms with Crippen LogP contribution in [-0.2, 0) is 19.2 Å². The van der Waals surface area contributed by atoms with Gasteiger partial charge in [-0.25, -0.2) is 9.59 Å². The van der Waals surface area contributed by atoms with E-state index in [0.29, 0.717) is 20.9 Å². The molecule has 0 radical (unpaired) electrons. The Bertz CT molecular complexity index is 1190. The topological polar surface area (TPSA) is 181 Å². The summed E-state index contributed by atoms with van der Waals surface area (Å²) in [5.74, 6) is -7.97. The van der Waals surface area contributed by atoms with Crippen molar-refractivity contribution in [2.24, 2.45) is 41.1 Å². The Hall–Kier alpha value is -4.02. The molecule has 33 heavy (non-hydrogen) atoms. The highest BCUT2D eigenvalue weighted by molar-refractivity contribution is 6.18. The maximum atomic E-state index is 13.1. The van der Waals surface area contributed by atoms with Crippen molar-refractivity contribution in [2.45, 2.75) is 18.8 Å². The number of likely N-dealkylation sites (tertiary alicyclic amines) is 2. The molecule has 0 spiro atoms. The van der Waals surface area contributed by atoms with E-state index in [0.717, 1.165) is 0 Å². The number of fused-ring (bicyclic) bond motifs is 4. The summed E-state index contributed by atoms with van der Waals surface area (Å²) in [6.07, 6.45) is 1.95. The van der Waals surface area contributed by atoms with Gasteiger partial charge in [-0.05, 0) is 36.5 Å². The van der Waals surface area contributed by atoms with E-state index in [-0.39, 0.29) is 18.6 Å². The number of rotatable bonds is 1. The van der Waals surface area contributed by atoms with E-state index in [1.54, 1.807) is 18.2 Å². The summed E-state index contributed by atoms with van der Waals surface area (Å²) in [6.45, 7) is 0. The Kier molecular flexibility index (Phi) is 4.42. The monoisotopic (exact) mass is 452 g/mol. The van der Waals surface area contributed by atoms with Gasteiger partial charge in [0.2, 0.25) is 23.6 Å². The van der Waals surface area contributed by atoms with Gasteiger partial charge in [-0.3, -0.25) is 19.2 Å². The number of carbonyl (C=O) groups is 6. The zero-order valence-electron chi connectivity index (χ0n) is 17.2. The maximum Gasteiger partial charge on any atom is 0.328 e. The summed E-state index contributed by atoms with van der Waals surface area (Å²) in [5.41, 5.74) is 11.7. The Morgan fingerprint density at radius 3 is 2.06 bits per heavy atom. The Balaban J connectivity index is 1.66. The van der Waals surface area contributed by atoms with Gasteiger partial charge in [0.1, 0.15) is 5.75 Å². The van der Waals surface area contributed by atoms with Gasteiger partial charge in [-0.15, -0.1) is 0 Å². The highest BCUT2D eigenvalue weighted by Gasteiger charge is 2.63. The minimum Gasteiger partial charge on any atom is -0.508 e. The molecular formula is C22H20N4O7. The molecule has 11 heteroatoms. The molecular weight excluding hydrogens is 432 g/mol. The smallest absolute Gasteiger partial charge is 0.328 e. The van der Waals surface area contributed by atoms with Gasteiger partial charge < -0.3 is 16.6 Å². The first-order chi connectivity index (χ1) is 15.6. The molecule has 3 fully saturated rings. The second-order valence-corrected chi connectivity index (χ2v) is 8.82. The number of primary amides is 2. The highest BCUT2D eigenvalue weighted by atomic mass is 16.3. The molecule has 11 nitrogen and oxygen atoms in total. The molecule has 8 amide bonds. The highest BCUT2D eigenvalue weighted by Crippen LogP contribution is 2.57. The van der Waals surface area contributed by atoms with Gasteiger partial charge in [0.15, 0.2) is 0 Å². The van der Waals surface area contributed by atoms with Crippen LogP contribution in [0.2, 0.25) is 0 Å². The van der Waals surface area contributed by atoms with Crippen LogP contribution in [0, 0.1) is 29.6 Å². The number of amides is 8. The number of phenols is 1. The van der Waals surface area contributed by atoms with Crippen LogP contribution < -0.4 is 11.5 Å². The lowest BCUT2D eigenvalue weighted by molar-refractivity contribution is -0.138. The van der Waals surface area contributed by atoms with Gasteiger partial charge in [0.05, 0.1) is 23.7 Å². The number of urea groups is 2. The molecule has 5 rings (SSSR count). The zero-order valence-corrected chi connectivity index (χ0v) is 17.2. The molecule has 1 saturated carbocycles. The number of benzene rings is 1. The zero-order chi connectivity index (χ0) is 23.8. The summed E-state index contributed by atoms with van der Waals surface area (Å²) >= 11 is 0. The SMILES string of the molecule is NC(=O)N1C(=O)[C@H]2[C@H](CC=C3[C@H]2C[C@H]2C(=O)N(C(N)=O)C(=O)[C@H]2[C@H]3c2cccc(O)c2)C1=O. The van der Waals surface area contributed by atoms with Crippen LogP contribution in [0.4, 0.5) is 9.59 Å². The summed E-state index contributed by atoms with van der Waals surface area (Å²) in [7, 11) is 0. The quantitative estimate of drug-likeness (QED) is 0.401. The van der Waals surface area contributed by atoms with Crippen molar-refractivity contribution in [1.82, 2.24) is 9.80 Å². The van der Waals surface area contributed by atoms with E-state index < -0.39 is 71.2 Å². The van der Waals surface area contributed by atoms with Gasteiger partial charge in [0.25, 0.3) is 0 Å². The summed E-state index contributed by atoms with van der Waals surface area (Å²) in [4.78, 5) is 76.4. The van der Waals surface area contributed by atoms with E-state index in [4.69, 9.17) is 11.5 Å². The van der Waals surface area contributed by atoms with Crippen molar-refractivity contribution < 1.29 is 33.9 Å². The predicted octanol–water partition coefficient (Wildman–Crippen LogP) is 0.186. The van der Waals surface area contributed by atoms with Crippen LogP contribution in [0.15, 0.2) is 35.9 Å². The lowest BCUT2D eigenvalue weighted by Gasteiger charge is -2.43. The van der Waals surface area contributed by atoms with Crippen LogP contribution >= 0.6 is 0 Å².